The first-order chi connectivity index (χ1) is 18.0. The van der Waals surface area contributed by atoms with Gasteiger partial charge in [0.1, 0.15) is 11.6 Å². The molecule has 1 spiro atoms. The van der Waals surface area contributed by atoms with Crippen LogP contribution in [0, 0.1) is 5.82 Å². The zero-order valence-electron chi connectivity index (χ0n) is 21.2. The Hall–Kier alpha value is -3.06. The van der Waals surface area contributed by atoms with Crippen LogP contribution in [0.3, 0.4) is 0 Å². The lowest BCUT2D eigenvalue weighted by Gasteiger charge is -2.43. The van der Waals surface area contributed by atoms with E-state index in [2.05, 4.69) is 32.4 Å². The Morgan fingerprint density at radius 3 is 2.39 bits per heavy atom. The van der Waals surface area contributed by atoms with Crippen molar-refractivity contribution >= 4 is 11.9 Å². The number of aromatic nitrogens is 3. The van der Waals surface area contributed by atoms with Gasteiger partial charge < -0.3 is 15.0 Å². The number of rotatable bonds is 4. The number of aliphatic carboxylic acids is 1. The Morgan fingerprint density at radius 2 is 1.76 bits per heavy atom. The minimum Gasteiger partial charge on any atom is -0.475 e. The highest BCUT2D eigenvalue weighted by Crippen LogP contribution is 2.34. The summed E-state index contributed by atoms with van der Waals surface area (Å²) in [5.41, 5.74) is 1.07. The van der Waals surface area contributed by atoms with Crippen LogP contribution in [-0.4, -0.2) is 79.4 Å². The van der Waals surface area contributed by atoms with Gasteiger partial charge >= 0.3 is 12.1 Å². The van der Waals surface area contributed by atoms with Crippen LogP contribution in [0.15, 0.2) is 24.3 Å². The number of hydrogen-bond acceptors (Lipinski definition) is 6. The molecular formula is C25H32F4N6O3. The Balaban J connectivity index is 0.000000426. The van der Waals surface area contributed by atoms with Crippen molar-refractivity contribution in [3.8, 4) is 0 Å². The third-order valence-corrected chi connectivity index (χ3v) is 7.58. The van der Waals surface area contributed by atoms with Gasteiger partial charge in [0.25, 0.3) is 5.91 Å². The van der Waals surface area contributed by atoms with Gasteiger partial charge in [-0.2, -0.15) is 13.2 Å². The second kappa shape index (κ2) is 11.4. The number of likely N-dealkylation sites (N-methyl/N-ethyl adjacent to an activating group) is 1. The van der Waals surface area contributed by atoms with Crippen molar-refractivity contribution in [3.63, 3.8) is 0 Å². The Morgan fingerprint density at radius 1 is 1.11 bits per heavy atom. The number of amides is 1. The second-order valence-electron chi connectivity index (χ2n) is 10.3. The predicted octanol–water partition coefficient (Wildman–Crippen LogP) is 3.20. The van der Waals surface area contributed by atoms with E-state index in [1.54, 1.807) is 0 Å². The molecular weight excluding hydrogens is 508 g/mol. The summed E-state index contributed by atoms with van der Waals surface area (Å²) in [6, 6.07) is 7.02. The maximum absolute atomic E-state index is 13.2. The summed E-state index contributed by atoms with van der Waals surface area (Å²) in [4.78, 5) is 26.7. The number of carboxylic acid groups (broad SMARTS) is 1. The number of nitrogens with one attached hydrogen (secondary N) is 1. The molecule has 1 saturated heterocycles. The molecule has 208 valence electrons. The van der Waals surface area contributed by atoms with E-state index in [1.165, 1.54) is 31.4 Å². The molecule has 2 aliphatic heterocycles. The van der Waals surface area contributed by atoms with Crippen molar-refractivity contribution < 1.29 is 32.3 Å². The number of alkyl halides is 3. The smallest absolute Gasteiger partial charge is 0.475 e. The lowest BCUT2D eigenvalue weighted by Crippen LogP contribution is -2.55. The average Bonchev–Trinajstić information content (AvgIpc) is 3.46. The molecule has 1 aromatic carbocycles. The Kier molecular flexibility index (Phi) is 8.36. The Bertz CT molecular complexity index is 1130. The molecule has 38 heavy (non-hydrogen) atoms. The fourth-order valence-corrected chi connectivity index (χ4v) is 5.44. The molecule has 2 fully saturated rings. The van der Waals surface area contributed by atoms with Gasteiger partial charge in [0.2, 0.25) is 5.82 Å². The van der Waals surface area contributed by atoms with E-state index >= 15 is 0 Å². The maximum Gasteiger partial charge on any atom is 0.490 e. The van der Waals surface area contributed by atoms with Crippen molar-refractivity contribution in [3.05, 3.63) is 47.3 Å². The Labute approximate surface area is 217 Å². The van der Waals surface area contributed by atoms with E-state index in [4.69, 9.17) is 9.90 Å². The highest BCUT2D eigenvalue weighted by Gasteiger charge is 2.46. The normalized spacial score (nSPS) is 22.6. The standard InChI is InChI=1S/C23H31FN6O.C2HF3O2/c1-28-14-20-26-27-21(22(31)25-19-5-3-2-4-6-19)30(20)16-23(28)11-12-29(15-23)13-17-7-9-18(24)10-8-17;3-2(4,5)1(6)7/h7-10,19H,2-6,11-16H2,1H3,(H,25,31);(H,6,7). The van der Waals surface area contributed by atoms with Gasteiger partial charge in [-0.05, 0) is 44.0 Å². The summed E-state index contributed by atoms with van der Waals surface area (Å²) in [5, 5.41) is 18.9. The van der Waals surface area contributed by atoms with Gasteiger partial charge in [0.15, 0.2) is 0 Å². The molecule has 1 aliphatic carbocycles. The predicted molar refractivity (Wildman–Crippen MR) is 129 cm³/mol. The zero-order valence-corrected chi connectivity index (χ0v) is 21.2. The van der Waals surface area contributed by atoms with Gasteiger partial charge in [-0.3, -0.25) is 14.6 Å². The van der Waals surface area contributed by atoms with E-state index in [0.29, 0.717) is 12.4 Å². The minimum absolute atomic E-state index is 0.0464. The first kappa shape index (κ1) is 28.0. The van der Waals surface area contributed by atoms with E-state index in [9.17, 15) is 22.4 Å². The highest BCUT2D eigenvalue weighted by atomic mass is 19.4. The summed E-state index contributed by atoms with van der Waals surface area (Å²) in [6.07, 6.45) is 1.67. The molecule has 5 rings (SSSR count). The number of fused-ring (bicyclic) bond motifs is 1. The van der Waals surface area contributed by atoms with Crippen LogP contribution in [0.1, 0.15) is 60.5 Å². The molecule has 0 radical (unpaired) electrons. The van der Waals surface area contributed by atoms with Gasteiger partial charge in [-0.1, -0.05) is 31.4 Å². The summed E-state index contributed by atoms with van der Waals surface area (Å²) < 4.78 is 47.0. The van der Waals surface area contributed by atoms with Crippen LogP contribution in [0.4, 0.5) is 17.6 Å². The van der Waals surface area contributed by atoms with Crippen LogP contribution in [0.2, 0.25) is 0 Å². The molecule has 3 aliphatic rings. The molecule has 1 atom stereocenters. The lowest BCUT2D eigenvalue weighted by atomic mass is 9.94. The number of halogens is 4. The van der Waals surface area contributed by atoms with Gasteiger partial charge in [0.05, 0.1) is 12.1 Å². The summed E-state index contributed by atoms with van der Waals surface area (Å²) in [5.74, 6) is -1.74. The SMILES string of the molecule is CN1Cc2nnc(C(=O)NC3CCCCC3)n2CC12CCN(Cc1ccc(F)cc1)C2.O=C(O)C(F)(F)F. The zero-order chi connectivity index (χ0) is 27.5. The van der Waals surface area contributed by atoms with Crippen molar-refractivity contribution in [2.75, 3.05) is 20.1 Å². The van der Waals surface area contributed by atoms with Crippen LogP contribution >= 0.6 is 0 Å². The monoisotopic (exact) mass is 540 g/mol. The quantitative estimate of drug-likeness (QED) is 0.574. The number of benzene rings is 1. The molecule has 1 unspecified atom stereocenters. The fourth-order valence-electron chi connectivity index (χ4n) is 5.44. The molecule has 2 aromatic rings. The third-order valence-electron chi connectivity index (χ3n) is 7.58. The van der Waals surface area contributed by atoms with E-state index in [1.807, 2.05) is 16.7 Å². The van der Waals surface area contributed by atoms with Crippen molar-refractivity contribution in [1.82, 2.24) is 29.9 Å². The van der Waals surface area contributed by atoms with E-state index in [-0.39, 0.29) is 23.3 Å². The van der Waals surface area contributed by atoms with Crippen LogP contribution in [-0.2, 0) is 24.4 Å². The summed E-state index contributed by atoms with van der Waals surface area (Å²) in [6.45, 7) is 4.10. The average molecular weight is 541 g/mol. The first-order valence-electron chi connectivity index (χ1n) is 12.7. The molecule has 0 bridgehead atoms. The molecule has 1 saturated carbocycles. The first-order valence-corrected chi connectivity index (χ1v) is 12.7. The minimum atomic E-state index is -5.08. The number of likely N-dealkylation sites (tertiary alicyclic amines) is 1. The highest BCUT2D eigenvalue weighted by molar-refractivity contribution is 5.91. The third kappa shape index (κ3) is 6.49. The molecule has 2 N–H and O–H groups in total. The molecule has 13 heteroatoms. The van der Waals surface area contributed by atoms with Crippen LogP contribution in [0.25, 0.3) is 0 Å². The van der Waals surface area contributed by atoms with Crippen molar-refractivity contribution in [1.29, 1.82) is 0 Å². The fraction of sp³-hybridized carbons (Fsp3) is 0.600. The number of carbonyl (C=O) groups excluding carboxylic acids is 1. The second-order valence-corrected chi connectivity index (χ2v) is 10.3. The van der Waals surface area contributed by atoms with Gasteiger partial charge in [0, 0.05) is 32.2 Å². The molecule has 1 aromatic heterocycles. The summed E-state index contributed by atoms with van der Waals surface area (Å²) >= 11 is 0. The molecule has 9 nitrogen and oxygen atoms in total. The number of carboxylic acids is 1. The topological polar surface area (TPSA) is 104 Å². The lowest BCUT2D eigenvalue weighted by molar-refractivity contribution is -0.192. The van der Waals surface area contributed by atoms with E-state index < -0.39 is 12.1 Å². The van der Waals surface area contributed by atoms with Crippen molar-refractivity contribution in [2.45, 2.75) is 75.9 Å². The number of hydrogen-bond donors (Lipinski definition) is 2. The van der Waals surface area contributed by atoms with Crippen LogP contribution in [0.5, 0.6) is 0 Å². The van der Waals surface area contributed by atoms with Gasteiger partial charge in [-0.15, -0.1) is 10.2 Å². The van der Waals surface area contributed by atoms with Crippen LogP contribution < -0.4 is 5.32 Å². The maximum atomic E-state index is 13.2. The number of nitrogens with zero attached hydrogens (tertiary/aromatic N) is 5. The molecule has 3 heterocycles. The summed E-state index contributed by atoms with van der Waals surface area (Å²) in [7, 11) is 2.14. The molecule has 1 amide bonds. The van der Waals surface area contributed by atoms with Gasteiger partial charge in [-0.25, -0.2) is 9.18 Å². The van der Waals surface area contributed by atoms with E-state index in [0.717, 1.165) is 56.8 Å². The number of carbonyl (C=O) groups is 2. The largest absolute Gasteiger partial charge is 0.490 e. The van der Waals surface area contributed by atoms with Crippen molar-refractivity contribution in [2.24, 2.45) is 0 Å².